The number of para-hydroxylation sites is 1. The van der Waals surface area contributed by atoms with Crippen molar-refractivity contribution >= 4 is 33.0 Å². The van der Waals surface area contributed by atoms with Crippen molar-refractivity contribution < 1.29 is 4.42 Å². The van der Waals surface area contributed by atoms with Gasteiger partial charge in [-0.05, 0) is 36.4 Å². The highest BCUT2D eigenvalue weighted by Gasteiger charge is 2.10. The molecular weight excluding hydrogens is 286 g/mol. The highest BCUT2D eigenvalue weighted by atomic mass is 16.3. The lowest BCUT2D eigenvalue weighted by Crippen LogP contribution is -1.88. The molecule has 0 saturated carbocycles. The molecule has 0 aliphatic rings. The fourth-order valence-electron chi connectivity index (χ4n) is 2.85. The summed E-state index contributed by atoms with van der Waals surface area (Å²) in [6.07, 6.45) is 3.55. The summed E-state index contributed by atoms with van der Waals surface area (Å²) in [4.78, 5) is 13.6. The van der Waals surface area contributed by atoms with Crippen LogP contribution in [-0.4, -0.2) is 15.0 Å². The van der Waals surface area contributed by atoms with Crippen molar-refractivity contribution in [2.45, 2.75) is 0 Å². The Kier molecular flexibility index (Phi) is 2.46. The molecular formula is C19H11N3O. The summed E-state index contributed by atoms with van der Waals surface area (Å²) in [5.74, 6) is 0. The smallest absolute Gasteiger partial charge is 0.153 e. The number of aromatic nitrogens is 3. The Morgan fingerprint density at radius 3 is 2.74 bits per heavy atom. The quantitative estimate of drug-likeness (QED) is 0.454. The highest BCUT2D eigenvalue weighted by molar-refractivity contribution is 6.02. The van der Waals surface area contributed by atoms with Crippen LogP contribution in [0.1, 0.15) is 0 Å². The number of benzene rings is 1. The molecule has 0 saturated heterocycles. The number of hydrogen-bond acceptors (Lipinski definition) is 4. The van der Waals surface area contributed by atoms with Crippen LogP contribution in [0.25, 0.3) is 44.4 Å². The largest absolute Gasteiger partial charge is 0.454 e. The number of nitrogens with zero attached hydrogens (tertiary/aromatic N) is 3. The Morgan fingerprint density at radius 2 is 1.74 bits per heavy atom. The fraction of sp³-hybridized carbons (Fsp3) is 0. The SMILES string of the molecule is c1cnc2cnc(-c3ccc4oc5ccccc5c4n3)cc2c1. The third kappa shape index (κ3) is 1.89. The third-order valence-corrected chi connectivity index (χ3v) is 3.97. The summed E-state index contributed by atoms with van der Waals surface area (Å²) in [7, 11) is 0. The van der Waals surface area contributed by atoms with Gasteiger partial charge in [-0.1, -0.05) is 18.2 Å². The number of furan rings is 1. The highest BCUT2D eigenvalue weighted by Crippen LogP contribution is 2.29. The average Bonchev–Trinajstić information content (AvgIpc) is 2.99. The van der Waals surface area contributed by atoms with Crippen molar-refractivity contribution in [1.82, 2.24) is 15.0 Å². The minimum Gasteiger partial charge on any atom is -0.454 e. The van der Waals surface area contributed by atoms with Gasteiger partial charge >= 0.3 is 0 Å². The molecule has 0 radical (unpaired) electrons. The van der Waals surface area contributed by atoms with Crippen LogP contribution < -0.4 is 0 Å². The Balaban J connectivity index is 1.76. The standard InChI is InChI=1S/C19H11N3O/c1-2-6-17-13(5-1)19-18(23-17)8-7-14(22-19)15-10-12-4-3-9-20-16(12)11-21-15/h1-11H. The second-order valence-electron chi connectivity index (χ2n) is 5.41. The Morgan fingerprint density at radius 1 is 0.783 bits per heavy atom. The van der Waals surface area contributed by atoms with Gasteiger partial charge in [-0.25, -0.2) is 4.98 Å². The van der Waals surface area contributed by atoms with Crippen LogP contribution >= 0.6 is 0 Å². The van der Waals surface area contributed by atoms with Crippen molar-refractivity contribution in [3.8, 4) is 11.4 Å². The average molecular weight is 297 g/mol. The van der Waals surface area contributed by atoms with Crippen molar-refractivity contribution in [3.63, 3.8) is 0 Å². The van der Waals surface area contributed by atoms with Gasteiger partial charge in [0.2, 0.25) is 0 Å². The number of rotatable bonds is 1. The molecule has 5 rings (SSSR count). The molecule has 0 atom stereocenters. The van der Waals surface area contributed by atoms with Gasteiger partial charge in [-0.3, -0.25) is 9.97 Å². The molecule has 0 aliphatic carbocycles. The minimum absolute atomic E-state index is 0.789. The van der Waals surface area contributed by atoms with E-state index in [1.807, 2.05) is 54.6 Å². The van der Waals surface area contributed by atoms with Gasteiger partial charge < -0.3 is 4.42 Å². The third-order valence-electron chi connectivity index (χ3n) is 3.97. The van der Waals surface area contributed by atoms with Gasteiger partial charge in [0, 0.05) is 17.0 Å². The lowest BCUT2D eigenvalue weighted by molar-refractivity contribution is 0.668. The molecule has 0 unspecified atom stereocenters. The van der Waals surface area contributed by atoms with Crippen molar-refractivity contribution in [2.75, 3.05) is 0 Å². The van der Waals surface area contributed by atoms with E-state index in [-0.39, 0.29) is 0 Å². The van der Waals surface area contributed by atoms with Crippen molar-refractivity contribution in [1.29, 1.82) is 0 Å². The predicted octanol–water partition coefficient (Wildman–Crippen LogP) is 4.59. The zero-order chi connectivity index (χ0) is 15.2. The second-order valence-corrected chi connectivity index (χ2v) is 5.41. The van der Waals surface area contributed by atoms with Crippen LogP contribution in [0.2, 0.25) is 0 Å². The molecule has 4 aromatic heterocycles. The molecule has 5 aromatic rings. The monoisotopic (exact) mass is 297 g/mol. The topological polar surface area (TPSA) is 51.8 Å². The van der Waals surface area contributed by atoms with Gasteiger partial charge in [0.15, 0.2) is 5.58 Å². The maximum absolute atomic E-state index is 5.82. The first kappa shape index (κ1) is 12.3. The van der Waals surface area contributed by atoms with Gasteiger partial charge in [0.05, 0.1) is 23.1 Å². The van der Waals surface area contributed by atoms with E-state index in [2.05, 4.69) is 9.97 Å². The van der Waals surface area contributed by atoms with E-state index in [4.69, 9.17) is 9.40 Å². The summed E-state index contributed by atoms with van der Waals surface area (Å²) in [5, 5.41) is 2.07. The summed E-state index contributed by atoms with van der Waals surface area (Å²) in [5.41, 5.74) is 5.05. The molecule has 4 nitrogen and oxygen atoms in total. The maximum atomic E-state index is 5.82. The van der Waals surface area contributed by atoms with Crippen LogP contribution in [0.5, 0.6) is 0 Å². The summed E-state index contributed by atoms with van der Waals surface area (Å²) in [6, 6.07) is 17.8. The van der Waals surface area contributed by atoms with Crippen LogP contribution in [0, 0.1) is 0 Å². The predicted molar refractivity (Wildman–Crippen MR) is 90.0 cm³/mol. The van der Waals surface area contributed by atoms with Gasteiger partial charge in [-0.15, -0.1) is 0 Å². The lowest BCUT2D eigenvalue weighted by Gasteiger charge is -2.02. The Hall–Kier alpha value is -3.27. The molecule has 0 bridgehead atoms. The van der Waals surface area contributed by atoms with Crippen LogP contribution in [-0.2, 0) is 0 Å². The molecule has 4 heteroatoms. The number of pyridine rings is 3. The second kappa shape index (κ2) is 4.61. The first-order chi connectivity index (χ1) is 11.4. The maximum Gasteiger partial charge on any atom is 0.153 e. The molecule has 4 heterocycles. The molecule has 0 N–H and O–H groups in total. The molecule has 108 valence electrons. The number of fused-ring (bicyclic) bond motifs is 4. The molecule has 0 fully saturated rings. The fourth-order valence-corrected chi connectivity index (χ4v) is 2.85. The van der Waals surface area contributed by atoms with Crippen molar-refractivity contribution in [2.24, 2.45) is 0 Å². The molecule has 0 spiro atoms. The normalized spacial score (nSPS) is 11.5. The Bertz CT molecular complexity index is 1180. The van der Waals surface area contributed by atoms with Crippen LogP contribution in [0.15, 0.2) is 71.4 Å². The van der Waals surface area contributed by atoms with E-state index in [0.717, 1.165) is 44.4 Å². The summed E-state index contributed by atoms with van der Waals surface area (Å²) < 4.78 is 5.82. The van der Waals surface area contributed by atoms with E-state index in [0.29, 0.717) is 0 Å². The minimum atomic E-state index is 0.789. The van der Waals surface area contributed by atoms with Gasteiger partial charge in [0.1, 0.15) is 11.1 Å². The zero-order valence-electron chi connectivity index (χ0n) is 12.1. The Labute approximate surface area is 131 Å². The van der Waals surface area contributed by atoms with Crippen molar-refractivity contribution in [3.05, 3.63) is 67.0 Å². The molecule has 0 amide bonds. The molecule has 0 aliphatic heterocycles. The van der Waals surface area contributed by atoms with Gasteiger partial charge in [0.25, 0.3) is 0 Å². The van der Waals surface area contributed by atoms with E-state index in [9.17, 15) is 0 Å². The first-order valence-electron chi connectivity index (χ1n) is 7.38. The van der Waals surface area contributed by atoms with Crippen LogP contribution in [0.4, 0.5) is 0 Å². The van der Waals surface area contributed by atoms with E-state index < -0.39 is 0 Å². The first-order valence-corrected chi connectivity index (χ1v) is 7.38. The number of hydrogen-bond donors (Lipinski definition) is 0. The van der Waals surface area contributed by atoms with E-state index in [1.165, 1.54) is 0 Å². The van der Waals surface area contributed by atoms with Crippen LogP contribution in [0.3, 0.4) is 0 Å². The summed E-state index contributed by atoms with van der Waals surface area (Å²) >= 11 is 0. The van der Waals surface area contributed by atoms with Gasteiger partial charge in [-0.2, -0.15) is 0 Å². The van der Waals surface area contributed by atoms with E-state index in [1.54, 1.807) is 12.4 Å². The summed E-state index contributed by atoms with van der Waals surface area (Å²) in [6.45, 7) is 0. The zero-order valence-corrected chi connectivity index (χ0v) is 12.1. The lowest BCUT2D eigenvalue weighted by atomic mass is 10.1. The molecule has 1 aromatic carbocycles. The van der Waals surface area contributed by atoms with E-state index >= 15 is 0 Å². The molecule has 23 heavy (non-hydrogen) atoms.